The Morgan fingerprint density at radius 3 is 2.66 bits per heavy atom. The van der Waals surface area contributed by atoms with Gasteiger partial charge in [-0.25, -0.2) is 5.01 Å². The summed E-state index contributed by atoms with van der Waals surface area (Å²) in [6, 6.07) is 12.6. The molecule has 0 spiro atoms. The van der Waals surface area contributed by atoms with E-state index in [4.69, 9.17) is 10.8 Å². The minimum atomic E-state index is -0.535. The number of thiophene rings is 2. The molecule has 4 heterocycles. The zero-order valence-corrected chi connectivity index (χ0v) is 20.3. The molecule has 2 unspecified atom stereocenters. The van der Waals surface area contributed by atoms with Gasteiger partial charge < -0.3 is 5.73 Å². The largest absolute Gasteiger partial charge is 0.398 e. The van der Waals surface area contributed by atoms with Gasteiger partial charge >= 0.3 is 0 Å². The summed E-state index contributed by atoms with van der Waals surface area (Å²) in [5.41, 5.74) is 8.68. The number of nitrogens with two attached hydrogens (primary N) is 1. The third-order valence-corrected chi connectivity index (χ3v) is 8.54. The molecule has 2 N–H and O–H groups in total. The van der Waals surface area contributed by atoms with Crippen molar-refractivity contribution in [1.29, 1.82) is 0 Å². The first-order valence-corrected chi connectivity index (χ1v) is 13.2. The van der Waals surface area contributed by atoms with Crippen molar-refractivity contribution in [3.05, 3.63) is 79.7 Å². The molecule has 3 aliphatic rings. The molecule has 3 aromatic rings. The van der Waals surface area contributed by atoms with Gasteiger partial charge in [0.25, 0.3) is 17.7 Å². The Balaban J connectivity index is 1.34. The number of carbonyl (C=O) groups is 3. The quantitative estimate of drug-likeness (QED) is 0.409. The van der Waals surface area contributed by atoms with Crippen LogP contribution in [-0.2, 0) is 4.79 Å². The first-order chi connectivity index (χ1) is 17.0. The van der Waals surface area contributed by atoms with Crippen molar-refractivity contribution < 1.29 is 14.4 Å². The zero-order chi connectivity index (χ0) is 24.1. The van der Waals surface area contributed by atoms with Gasteiger partial charge in [-0.3, -0.25) is 19.3 Å². The highest BCUT2D eigenvalue weighted by molar-refractivity contribution is 7.11. The van der Waals surface area contributed by atoms with Crippen molar-refractivity contribution in [3.63, 3.8) is 0 Å². The molecule has 176 valence electrons. The van der Waals surface area contributed by atoms with E-state index < -0.39 is 11.8 Å². The Morgan fingerprint density at radius 1 is 1.09 bits per heavy atom. The molecule has 0 saturated heterocycles. The molecule has 1 aromatic carbocycles. The van der Waals surface area contributed by atoms with Crippen LogP contribution in [-0.4, -0.2) is 39.9 Å². The number of hydrogen-bond donors (Lipinski definition) is 1. The molecule has 6 rings (SSSR count). The van der Waals surface area contributed by atoms with E-state index in [1.807, 2.05) is 29.0 Å². The molecule has 1 aliphatic carbocycles. The summed E-state index contributed by atoms with van der Waals surface area (Å²) in [6.45, 7) is -0.374. The molecule has 3 amide bonds. The highest BCUT2D eigenvalue weighted by Crippen LogP contribution is 2.45. The Morgan fingerprint density at radius 2 is 1.91 bits per heavy atom. The van der Waals surface area contributed by atoms with E-state index in [1.54, 1.807) is 40.9 Å². The number of hydrazone groups is 1. The SMILES string of the molecule is Nc1cccc2c1C(=O)N(CC(=O)N1N=C3/C(=C\c4cccs4)CCCC3C1c1cccs1)C2=O. The van der Waals surface area contributed by atoms with Gasteiger partial charge in [0.2, 0.25) is 0 Å². The minimum Gasteiger partial charge on any atom is -0.398 e. The van der Waals surface area contributed by atoms with Gasteiger partial charge in [0.1, 0.15) is 6.54 Å². The lowest BCUT2D eigenvalue weighted by Crippen LogP contribution is -2.41. The van der Waals surface area contributed by atoms with E-state index >= 15 is 0 Å². The fourth-order valence-electron chi connectivity index (χ4n) is 5.20. The highest BCUT2D eigenvalue weighted by Gasteiger charge is 2.46. The first-order valence-electron chi connectivity index (χ1n) is 11.5. The van der Waals surface area contributed by atoms with Crippen molar-refractivity contribution >= 4 is 57.9 Å². The van der Waals surface area contributed by atoms with Crippen LogP contribution in [0.5, 0.6) is 0 Å². The van der Waals surface area contributed by atoms with Gasteiger partial charge in [0.15, 0.2) is 0 Å². The Hall–Kier alpha value is -3.56. The molecule has 1 saturated carbocycles. The van der Waals surface area contributed by atoms with Crippen molar-refractivity contribution in [2.75, 3.05) is 12.3 Å². The number of anilines is 1. The van der Waals surface area contributed by atoms with E-state index in [9.17, 15) is 14.4 Å². The number of amides is 3. The van der Waals surface area contributed by atoms with Crippen LogP contribution in [0.2, 0.25) is 0 Å². The van der Waals surface area contributed by atoms with Gasteiger partial charge in [-0.15, -0.1) is 22.7 Å². The van der Waals surface area contributed by atoms with Gasteiger partial charge in [0, 0.05) is 21.4 Å². The van der Waals surface area contributed by atoms with Crippen LogP contribution in [0, 0.1) is 5.92 Å². The zero-order valence-electron chi connectivity index (χ0n) is 18.7. The predicted octanol–water partition coefficient (Wildman–Crippen LogP) is 4.81. The fraction of sp³-hybridized carbons (Fsp3) is 0.231. The smallest absolute Gasteiger partial charge is 0.264 e. The Bertz CT molecular complexity index is 1390. The van der Waals surface area contributed by atoms with Crippen LogP contribution in [0.15, 0.2) is 63.9 Å². The molecule has 0 bridgehead atoms. The van der Waals surface area contributed by atoms with Crippen LogP contribution in [0.1, 0.15) is 55.8 Å². The second kappa shape index (κ2) is 8.58. The molecule has 2 atom stereocenters. The number of nitrogen functional groups attached to an aromatic ring is 1. The average Bonchev–Trinajstić information content (AvgIpc) is 3.64. The van der Waals surface area contributed by atoms with Crippen molar-refractivity contribution in [1.82, 2.24) is 9.91 Å². The van der Waals surface area contributed by atoms with E-state index in [-0.39, 0.29) is 41.2 Å². The monoisotopic (exact) mass is 502 g/mol. The maximum atomic E-state index is 13.6. The normalized spacial score (nSPS) is 22.5. The Kier molecular flexibility index (Phi) is 5.38. The van der Waals surface area contributed by atoms with Crippen LogP contribution >= 0.6 is 22.7 Å². The molecule has 2 aromatic heterocycles. The summed E-state index contributed by atoms with van der Waals surface area (Å²) < 4.78 is 0. The van der Waals surface area contributed by atoms with Crippen molar-refractivity contribution in [2.45, 2.75) is 25.3 Å². The van der Waals surface area contributed by atoms with Crippen molar-refractivity contribution in [2.24, 2.45) is 11.0 Å². The molecule has 2 aliphatic heterocycles. The van der Waals surface area contributed by atoms with E-state index in [1.165, 1.54) is 5.01 Å². The van der Waals surface area contributed by atoms with Crippen LogP contribution in [0.4, 0.5) is 5.69 Å². The summed E-state index contributed by atoms with van der Waals surface area (Å²) in [4.78, 5) is 42.7. The van der Waals surface area contributed by atoms with Crippen LogP contribution in [0.3, 0.4) is 0 Å². The maximum absolute atomic E-state index is 13.6. The first kappa shape index (κ1) is 21.9. The maximum Gasteiger partial charge on any atom is 0.264 e. The van der Waals surface area contributed by atoms with Gasteiger partial charge in [-0.1, -0.05) is 18.2 Å². The summed E-state index contributed by atoms with van der Waals surface area (Å²) in [5, 5.41) is 10.4. The standard InChI is InChI=1S/C26H22N4O3S2/c27-19-9-2-7-17-22(19)26(33)29(25(17)32)14-21(31)30-24(20-10-4-12-35-20)18-8-1-5-15(23(18)28-30)13-16-6-3-11-34-16/h2-4,6-7,9-13,18,24H,1,5,8,14,27H2/b15-13-. The molecule has 9 heteroatoms. The highest BCUT2D eigenvalue weighted by atomic mass is 32.1. The lowest BCUT2D eigenvalue weighted by Gasteiger charge is -2.29. The molecular formula is C26H22N4O3S2. The van der Waals surface area contributed by atoms with Gasteiger partial charge in [-0.05, 0) is 65.9 Å². The molecule has 1 fully saturated rings. The summed E-state index contributed by atoms with van der Waals surface area (Å²) in [5.74, 6) is -1.34. The molecule has 0 radical (unpaired) electrons. The van der Waals surface area contributed by atoms with Crippen LogP contribution in [0.25, 0.3) is 6.08 Å². The minimum absolute atomic E-state index is 0.0791. The molecule has 7 nitrogen and oxygen atoms in total. The summed E-state index contributed by atoms with van der Waals surface area (Å²) in [7, 11) is 0. The second-order valence-electron chi connectivity index (χ2n) is 8.83. The third-order valence-electron chi connectivity index (χ3n) is 6.78. The predicted molar refractivity (Wildman–Crippen MR) is 137 cm³/mol. The van der Waals surface area contributed by atoms with E-state index in [0.29, 0.717) is 0 Å². The van der Waals surface area contributed by atoms with E-state index in [2.05, 4.69) is 12.1 Å². The number of hydrogen-bond acceptors (Lipinski definition) is 7. The number of nitrogens with zero attached hydrogens (tertiary/aromatic N) is 3. The Labute approximate surface area is 210 Å². The number of rotatable bonds is 4. The number of benzene rings is 1. The summed E-state index contributed by atoms with van der Waals surface area (Å²) in [6.07, 6.45) is 5.02. The third kappa shape index (κ3) is 3.62. The number of fused-ring (bicyclic) bond motifs is 2. The lowest BCUT2D eigenvalue weighted by atomic mass is 9.79. The summed E-state index contributed by atoms with van der Waals surface area (Å²) >= 11 is 3.26. The van der Waals surface area contributed by atoms with Gasteiger partial charge in [-0.2, -0.15) is 5.10 Å². The van der Waals surface area contributed by atoms with E-state index in [0.717, 1.165) is 45.2 Å². The second-order valence-corrected chi connectivity index (χ2v) is 10.8. The topological polar surface area (TPSA) is 96.1 Å². The number of carbonyl (C=O) groups excluding carboxylic acids is 3. The lowest BCUT2D eigenvalue weighted by molar-refractivity contribution is -0.133. The number of allylic oxidation sites excluding steroid dienone is 1. The molecular weight excluding hydrogens is 480 g/mol. The van der Waals surface area contributed by atoms with Gasteiger partial charge in [0.05, 0.1) is 22.9 Å². The van der Waals surface area contributed by atoms with Crippen molar-refractivity contribution in [3.8, 4) is 0 Å². The number of imide groups is 1. The van der Waals surface area contributed by atoms with Crippen LogP contribution < -0.4 is 5.73 Å². The fourth-order valence-corrected chi connectivity index (χ4v) is 6.76. The molecule has 35 heavy (non-hydrogen) atoms. The average molecular weight is 503 g/mol.